The highest BCUT2D eigenvalue weighted by Crippen LogP contribution is 2.31. The van der Waals surface area contributed by atoms with E-state index < -0.39 is 0 Å². The van der Waals surface area contributed by atoms with E-state index in [4.69, 9.17) is 4.74 Å². The van der Waals surface area contributed by atoms with Crippen LogP contribution in [-0.2, 0) is 9.53 Å². The highest BCUT2D eigenvalue weighted by atomic mass is 16.5. The van der Waals surface area contributed by atoms with Crippen molar-refractivity contribution in [1.29, 1.82) is 0 Å². The highest BCUT2D eigenvalue weighted by Gasteiger charge is 2.32. The van der Waals surface area contributed by atoms with Crippen LogP contribution in [0, 0.1) is 11.3 Å². The number of hydrogen-bond donors (Lipinski definition) is 1. The summed E-state index contributed by atoms with van der Waals surface area (Å²) in [5.74, 6) is -0.301. The van der Waals surface area contributed by atoms with Crippen molar-refractivity contribution in [3.63, 3.8) is 0 Å². The first kappa shape index (κ1) is 20.7. The van der Waals surface area contributed by atoms with E-state index >= 15 is 0 Å². The van der Waals surface area contributed by atoms with Gasteiger partial charge in [-0.2, -0.15) is 0 Å². The number of aromatic hydroxyl groups is 1. The van der Waals surface area contributed by atoms with Gasteiger partial charge in [-0.25, -0.2) is 0 Å². The summed E-state index contributed by atoms with van der Waals surface area (Å²) in [5, 5.41) is 9.38. The van der Waals surface area contributed by atoms with Gasteiger partial charge in [0.25, 0.3) is 0 Å². The minimum Gasteiger partial charge on any atom is -0.508 e. The Morgan fingerprint density at radius 3 is 1.96 bits per heavy atom. The predicted molar refractivity (Wildman–Crippen MR) is 107 cm³/mol. The lowest BCUT2D eigenvalue weighted by Crippen LogP contribution is -2.30. The van der Waals surface area contributed by atoms with Crippen LogP contribution in [0.15, 0.2) is 48.5 Å². The molecule has 0 amide bonds. The zero-order chi connectivity index (χ0) is 20.0. The van der Waals surface area contributed by atoms with E-state index in [-0.39, 0.29) is 28.8 Å². The van der Waals surface area contributed by atoms with Gasteiger partial charge in [0, 0.05) is 12.0 Å². The molecule has 2 aromatic carbocycles. The molecule has 0 fully saturated rings. The van der Waals surface area contributed by atoms with Crippen molar-refractivity contribution in [2.45, 2.75) is 40.5 Å². The van der Waals surface area contributed by atoms with Crippen LogP contribution >= 0.6 is 0 Å². The Hall–Kier alpha value is -2.62. The standard InChI is InChI=1S/C23H28O4/c1-5-27-22(26)20(23(2,3)4)14-15-21(25)18-8-6-16(7-9-18)17-10-12-19(24)13-11-17/h6-13,20,24H,5,14-15H2,1-4H3. The molecule has 0 aromatic heterocycles. The number of Topliss-reactive ketones (excluding diaryl/α,β-unsaturated/α-hetero) is 1. The maximum absolute atomic E-state index is 12.6. The zero-order valence-corrected chi connectivity index (χ0v) is 16.5. The fourth-order valence-corrected chi connectivity index (χ4v) is 3.07. The molecule has 1 unspecified atom stereocenters. The third kappa shape index (κ3) is 5.68. The molecule has 1 atom stereocenters. The molecule has 144 valence electrons. The van der Waals surface area contributed by atoms with Crippen molar-refractivity contribution in [2.75, 3.05) is 6.61 Å². The molecule has 4 nitrogen and oxygen atoms in total. The maximum atomic E-state index is 12.6. The highest BCUT2D eigenvalue weighted by molar-refractivity contribution is 5.96. The molecule has 0 radical (unpaired) electrons. The summed E-state index contributed by atoms with van der Waals surface area (Å²) in [4.78, 5) is 24.8. The normalized spacial score (nSPS) is 12.4. The first-order valence-corrected chi connectivity index (χ1v) is 9.31. The largest absolute Gasteiger partial charge is 0.508 e. The molecular weight excluding hydrogens is 340 g/mol. The molecule has 0 heterocycles. The monoisotopic (exact) mass is 368 g/mol. The quantitative estimate of drug-likeness (QED) is 0.536. The molecule has 2 rings (SSSR count). The van der Waals surface area contributed by atoms with Crippen molar-refractivity contribution in [3.05, 3.63) is 54.1 Å². The number of carbonyl (C=O) groups is 2. The van der Waals surface area contributed by atoms with Crippen LogP contribution in [0.25, 0.3) is 11.1 Å². The van der Waals surface area contributed by atoms with Crippen molar-refractivity contribution in [1.82, 2.24) is 0 Å². The van der Waals surface area contributed by atoms with Crippen LogP contribution in [0.3, 0.4) is 0 Å². The molecule has 0 spiro atoms. The van der Waals surface area contributed by atoms with Gasteiger partial charge in [-0.1, -0.05) is 57.2 Å². The average Bonchev–Trinajstić information content (AvgIpc) is 2.61. The second-order valence-electron chi connectivity index (χ2n) is 7.76. The number of ketones is 1. The Labute approximate surface area is 161 Å². The lowest BCUT2D eigenvalue weighted by molar-refractivity contribution is -0.152. The number of ether oxygens (including phenoxy) is 1. The van der Waals surface area contributed by atoms with Gasteiger partial charge < -0.3 is 9.84 Å². The number of phenolic OH excluding ortho intramolecular Hbond substituents is 1. The Morgan fingerprint density at radius 1 is 0.963 bits per heavy atom. The van der Waals surface area contributed by atoms with Crippen LogP contribution in [-0.4, -0.2) is 23.5 Å². The SMILES string of the molecule is CCOC(=O)C(CCC(=O)c1ccc(-c2ccc(O)cc2)cc1)C(C)(C)C. The van der Waals surface area contributed by atoms with Crippen LogP contribution < -0.4 is 0 Å². The lowest BCUT2D eigenvalue weighted by Gasteiger charge is -2.28. The molecule has 4 heteroatoms. The van der Waals surface area contributed by atoms with Gasteiger partial charge in [0.15, 0.2) is 5.78 Å². The minimum atomic E-state index is -0.308. The number of esters is 1. The second kappa shape index (κ2) is 8.85. The van der Waals surface area contributed by atoms with E-state index in [9.17, 15) is 14.7 Å². The molecular formula is C23H28O4. The fraction of sp³-hybridized carbons (Fsp3) is 0.391. The van der Waals surface area contributed by atoms with Gasteiger partial charge in [0.05, 0.1) is 12.5 Å². The second-order valence-corrected chi connectivity index (χ2v) is 7.76. The Bertz CT molecular complexity index is 768. The number of carbonyl (C=O) groups excluding carboxylic acids is 2. The molecule has 0 saturated heterocycles. The summed E-state index contributed by atoms with van der Waals surface area (Å²) in [6.07, 6.45) is 0.778. The Kier molecular flexibility index (Phi) is 6.78. The number of rotatable bonds is 7. The van der Waals surface area contributed by atoms with E-state index in [1.807, 2.05) is 45.0 Å². The van der Waals surface area contributed by atoms with Crippen LogP contribution in [0.4, 0.5) is 0 Å². The van der Waals surface area contributed by atoms with Gasteiger partial charge in [-0.05, 0) is 42.0 Å². The first-order chi connectivity index (χ1) is 12.7. The fourth-order valence-electron chi connectivity index (χ4n) is 3.07. The van der Waals surface area contributed by atoms with E-state index in [0.29, 0.717) is 25.0 Å². The van der Waals surface area contributed by atoms with Crippen LogP contribution in [0.1, 0.15) is 50.9 Å². The van der Waals surface area contributed by atoms with E-state index in [1.165, 1.54) is 0 Å². The van der Waals surface area contributed by atoms with Crippen LogP contribution in [0.2, 0.25) is 0 Å². The zero-order valence-electron chi connectivity index (χ0n) is 16.5. The van der Waals surface area contributed by atoms with Crippen molar-refractivity contribution >= 4 is 11.8 Å². The van der Waals surface area contributed by atoms with E-state index in [0.717, 1.165) is 11.1 Å². The summed E-state index contributed by atoms with van der Waals surface area (Å²) < 4.78 is 5.17. The first-order valence-electron chi connectivity index (χ1n) is 9.31. The van der Waals surface area contributed by atoms with Gasteiger partial charge >= 0.3 is 5.97 Å². The van der Waals surface area contributed by atoms with E-state index in [2.05, 4.69) is 0 Å². The summed E-state index contributed by atoms with van der Waals surface area (Å²) in [7, 11) is 0. The van der Waals surface area contributed by atoms with Gasteiger partial charge in [0.1, 0.15) is 5.75 Å². The molecule has 0 aliphatic rings. The topological polar surface area (TPSA) is 63.6 Å². The molecule has 27 heavy (non-hydrogen) atoms. The maximum Gasteiger partial charge on any atom is 0.309 e. The number of phenols is 1. The molecule has 0 aliphatic carbocycles. The smallest absolute Gasteiger partial charge is 0.309 e. The molecule has 1 N–H and O–H groups in total. The van der Waals surface area contributed by atoms with Gasteiger partial charge in [-0.15, -0.1) is 0 Å². The molecule has 0 aliphatic heterocycles. The van der Waals surface area contributed by atoms with Crippen molar-refractivity contribution < 1.29 is 19.4 Å². The van der Waals surface area contributed by atoms with Gasteiger partial charge in [-0.3, -0.25) is 9.59 Å². The average molecular weight is 368 g/mol. The van der Waals surface area contributed by atoms with Crippen LogP contribution in [0.5, 0.6) is 5.75 Å². The third-order valence-electron chi connectivity index (χ3n) is 4.68. The Morgan fingerprint density at radius 2 is 1.48 bits per heavy atom. The van der Waals surface area contributed by atoms with E-state index in [1.54, 1.807) is 31.2 Å². The Balaban J connectivity index is 2.04. The van der Waals surface area contributed by atoms with Gasteiger partial charge in [0.2, 0.25) is 0 Å². The molecule has 2 aromatic rings. The summed E-state index contributed by atoms with van der Waals surface area (Å²) in [5.41, 5.74) is 2.33. The molecule has 0 bridgehead atoms. The lowest BCUT2D eigenvalue weighted by atomic mass is 9.77. The summed E-state index contributed by atoms with van der Waals surface area (Å²) in [6.45, 7) is 8.11. The third-order valence-corrected chi connectivity index (χ3v) is 4.68. The minimum absolute atomic E-state index is 0.0193. The molecule has 0 saturated carbocycles. The summed E-state index contributed by atoms with van der Waals surface area (Å²) >= 11 is 0. The summed E-state index contributed by atoms with van der Waals surface area (Å²) in [6, 6.07) is 14.3. The predicted octanol–water partition coefficient (Wildman–Crippen LogP) is 5.25. The van der Waals surface area contributed by atoms with Crippen molar-refractivity contribution in [3.8, 4) is 16.9 Å². The van der Waals surface area contributed by atoms with Crippen molar-refractivity contribution in [2.24, 2.45) is 11.3 Å². The number of benzene rings is 2. The number of hydrogen-bond acceptors (Lipinski definition) is 4.